The Hall–Kier alpha value is -0.710. The van der Waals surface area contributed by atoms with E-state index in [-0.39, 0.29) is 17.1 Å². The van der Waals surface area contributed by atoms with Gasteiger partial charge in [-0.3, -0.25) is 9.59 Å². The molecular weight excluding hydrogens is 214 g/mol. The summed E-state index contributed by atoms with van der Waals surface area (Å²) in [5.74, 6) is 0.781. The van der Waals surface area contributed by atoms with E-state index in [1.54, 1.807) is 18.8 Å². The summed E-state index contributed by atoms with van der Waals surface area (Å²) >= 11 is 1.69. The van der Waals surface area contributed by atoms with Gasteiger partial charge in [0.05, 0.1) is 13.5 Å². The highest BCUT2D eigenvalue weighted by Crippen LogP contribution is 2.16. The van der Waals surface area contributed by atoms with Crippen LogP contribution in [0.25, 0.3) is 0 Å². The highest BCUT2D eigenvalue weighted by molar-refractivity contribution is 7.99. The van der Waals surface area contributed by atoms with Crippen LogP contribution in [0, 0.1) is 0 Å². The Morgan fingerprint density at radius 1 is 1.47 bits per heavy atom. The number of rotatable bonds is 7. The molecule has 1 N–H and O–H groups in total. The SMILES string of the molecule is CNC(=O)CCCSC(C)CC(=O)OC. The maximum atomic E-state index is 10.9. The van der Waals surface area contributed by atoms with Gasteiger partial charge in [0.15, 0.2) is 0 Å². The minimum Gasteiger partial charge on any atom is -0.469 e. The lowest BCUT2D eigenvalue weighted by molar-refractivity contribution is -0.140. The fraction of sp³-hybridized carbons (Fsp3) is 0.800. The first-order valence-electron chi connectivity index (χ1n) is 4.99. The van der Waals surface area contributed by atoms with E-state index in [9.17, 15) is 9.59 Å². The number of methoxy groups -OCH3 is 1. The van der Waals surface area contributed by atoms with E-state index in [1.807, 2.05) is 6.92 Å². The van der Waals surface area contributed by atoms with Crippen molar-refractivity contribution in [1.82, 2.24) is 5.32 Å². The van der Waals surface area contributed by atoms with Gasteiger partial charge in [-0.25, -0.2) is 0 Å². The molecule has 15 heavy (non-hydrogen) atoms. The maximum absolute atomic E-state index is 10.9. The van der Waals surface area contributed by atoms with Gasteiger partial charge in [0, 0.05) is 18.7 Å². The predicted molar refractivity (Wildman–Crippen MR) is 61.9 cm³/mol. The lowest BCUT2D eigenvalue weighted by Gasteiger charge is -2.08. The molecule has 0 aromatic carbocycles. The molecule has 1 unspecified atom stereocenters. The topological polar surface area (TPSA) is 55.4 Å². The zero-order valence-corrected chi connectivity index (χ0v) is 10.4. The third kappa shape index (κ3) is 8.30. The number of carbonyl (C=O) groups is 2. The number of carbonyl (C=O) groups excluding carboxylic acids is 2. The molecule has 1 atom stereocenters. The Labute approximate surface area is 95.1 Å². The van der Waals surface area contributed by atoms with E-state index < -0.39 is 0 Å². The predicted octanol–water partition coefficient (Wildman–Crippen LogP) is 1.20. The highest BCUT2D eigenvalue weighted by Gasteiger charge is 2.09. The third-order valence-corrected chi connectivity index (χ3v) is 3.17. The highest BCUT2D eigenvalue weighted by atomic mass is 32.2. The fourth-order valence-corrected chi connectivity index (χ4v) is 1.99. The number of amides is 1. The first-order chi connectivity index (χ1) is 7.10. The molecule has 88 valence electrons. The Bertz CT molecular complexity index is 209. The van der Waals surface area contributed by atoms with Gasteiger partial charge in [-0.15, -0.1) is 0 Å². The van der Waals surface area contributed by atoms with Crippen molar-refractivity contribution < 1.29 is 14.3 Å². The second-order valence-corrected chi connectivity index (χ2v) is 4.78. The summed E-state index contributed by atoms with van der Waals surface area (Å²) in [4.78, 5) is 21.8. The van der Waals surface area contributed by atoms with E-state index in [0.29, 0.717) is 12.8 Å². The number of ether oxygens (including phenoxy) is 1. The summed E-state index contributed by atoms with van der Waals surface area (Å²) in [7, 11) is 3.03. The molecular formula is C10H19NO3S. The average Bonchev–Trinajstić information content (AvgIpc) is 2.23. The molecule has 0 radical (unpaired) electrons. The molecule has 0 bridgehead atoms. The standard InChI is InChI=1S/C10H19NO3S/c1-8(7-10(13)14-3)15-6-4-5-9(12)11-2/h8H,4-7H2,1-3H3,(H,11,12). The fourth-order valence-electron chi connectivity index (χ4n) is 1.02. The molecule has 0 fully saturated rings. The Kier molecular flexibility index (Phi) is 8.18. The Morgan fingerprint density at radius 3 is 2.67 bits per heavy atom. The van der Waals surface area contributed by atoms with E-state index >= 15 is 0 Å². The van der Waals surface area contributed by atoms with Crippen molar-refractivity contribution in [3.05, 3.63) is 0 Å². The molecule has 0 aromatic rings. The van der Waals surface area contributed by atoms with E-state index in [2.05, 4.69) is 10.1 Å². The molecule has 0 rings (SSSR count). The second-order valence-electron chi connectivity index (χ2n) is 3.24. The summed E-state index contributed by atoms with van der Waals surface area (Å²) < 4.78 is 4.57. The minimum absolute atomic E-state index is 0.0659. The molecule has 0 spiro atoms. The van der Waals surface area contributed by atoms with Crippen molar-refractivity contribution in [3.63, 3.8) is 0 Å². The summed E-state index contributed by atoms with van der Waals surface area (Å²) in [6.07, 6.45) is 1.82. The van der Waals surface area contributed by atoms with Crippen LogP contribution >= 0.6 is 11.8 Å². The third-order valence-electron chi connectivity index (χ3n) is 1.91. The van der Waals surface area contributed by atoms with Crippen LogP contribution in [0.15, 0.2) is 0 Å². The van der Waals surface area contributed by atoms with Crippen molar-refractivity contribution in [1.29, 1.82) is 0 Å². The van der Waals surface area contributed by atoms with Crippen LogP contribution in [0.5, 0.6) is 0 Å². The van der Waals surface area contributed by atoms with Gasteiger partial charge in [-0.2, -0.15) is 11.8 Å². The quantitative estimate of drug-likeness (QED) is 0.530. The monoisotopic (exact) mass is 233 g/mol. The van der Waals surface area contributed by atoms with Crippen LogP contribution in [0.1, 0.15) is 26.2 Å². The smallest absolute Gasteiger partial charge is 0.306 e. The van der Waals surface area contributed by atoms with Gasteiger partial charge in [-0.05, 0) is 12.2 Å². The van der Waals surface area contributed by atoms with Gasteiger partial charge < -0.3 is 10.1 Å². The van der Waals surface area contributed by atoms with Crippen LogP contribution < -0.4 is 5.32 Å². The van der Waals surface area contributed by atoms with Crippen molar-refractivity contribution in [2.75, 3.05) is 19.9 Å². The minimum atomic E-state index is -0.179. The molecule has 1 amide bonds. The summed E-state index contributed by atoms with van der Waals surface area (Å²) in [6.45, 7) is 1.99. The number of nitrogens with one attached hydrogen (secondary N) is 1. The van der Waals surface area contributed by atoms with Crippen LogP contribution in [0.2, 0.25) is 0 Å². The normalized spacial score (nSPS) is 11.9. The maximum Gasteiger partial charge on any atom is 0.306 e. The van der Waals surface area contributed by atoms with Crippen molar-refractivity contribution >= 4 is 23.6 Å². The lowest BCUT2D eigenvalue weighted by Crippen LogP contribution is -2.17. The molecule has 0 aliphatic carbocycles. The zero-order chi connectivity index (χ0) is 11.7. The molecule has 0 saturated heterocycles. The van der Waals surface area contributed by atoms with Gasteiger partial charge in [0.25, 0.3) is 0 Å². The van der Waals surface area contributed by atoms with Crippen LogP contribution in [0.4, 0.5) is 0 Å². The van der Waals surface area contributed by atoms with Gasteiger partial charge in [0.1, 0.15) is 0 Å². The zero-order valence-electron chi connectivity index (χ0n) is 9.54. The number of hydrogen-bond donors (Lipinski definition) is 1. The molecule has 0 heterocycles. The largest absolute Gasteiger partial charge is 0.469 e. The molecule has 0 aliphatic heterocycles. The molecule has 5 heteroatoms. The van der Waals surface area contributed by atoms with Crippen molar-refractivity contribution in [3.8, 4) is 0 Å². The molecule has 0 aromatic heterocycles. The van der Waals surface area contributed by atoms with Crippen molar-refractivity contribution in [2.45, 2.75) is 31.4 Å². The number of esters is 1. The lowest BCUT2D eigenvalue weighted by atomic mass is 10.3. The first kappa shape index (κ1) is 14.3. The van der Waals surface area contributed by atoms with Crippen LogP contribution in [-0.4, -0.2) is 37.0 Å². The first-order valence-corrected chi connectivity index (χ1v) is 6.04. The van der Waals surface area contributed by atoms with Crippen LogP contribution in [0.3, 0.4) is 0 Å². The van der Waals surface area contributed by atoms with Gasteiger partial charge >= 0.3 is 5.97 Å². The molecule has 4 nitrogen and oxygen atoms in total. The summed E-state index contributed by atoms with van der Waals surface area (Å²) in [6, 6.07) is 0. The average molecular weight is 233 g/mol. The number of hydrogen-bond acceptors (Lipinski definition) is 4. The van der Waals surface area contributed by atoms with Gasteiger partial charge in [-0.1, -0.05) is 6.92 Å². The van der Waals surface area contributed by atoms with E-state index in [0.717, 1.165) is 12.2 Å². The van der Waals surface area contributed by atoms with Gasteiger partial charge in [0.2, 0.25) is 5.91 Å². The Morgan fingerprint density at radius 2 is 2.13 bits per heavy atom. The molecule has 0 saturated carbocycles. The van der Waals surface area contributed by atoms with E-state index in [4.69, 9.17) is 0 Å². The summed E-state index contributed by atoms with van der Waals surface area (Å²) in [5.41, 5.74) is 0. The van der Waals surface area contributed by atoms with Crippen LogP contribution in [-0.2, 0) is 14.3 Å². The Balaban J connectivity index is 3.42. The van der Waals surface area contributed by atoms with E-state index in [1.165, 1.54) is 7.11 Å². The number of thioether (sulfide) groups is 1. The molecule has 0 aliphatic rings. The summed E-state index contributed by atoms with van der Waals surface area (Å²) in [5, 5.41) is 2.82. The van der Waals surface area contributed by atoms with Crippen molar-refractivity contribution in [2.24, 2.45) is 0 Å². The second kappa shape index (κ2) is 8.59.